The standard InChI is InChI=1S/C13H25NO4S/c1-14(12-3-5-13(17-2)6-4-12)19(15,16)10-11-7-8-18-9-11/h11-13H,3-10H2,1-2H3. The van der Waals surface area contributed by atoms with Crippen LogP contribution in [0.5, 0.6) is 0 Å². The molecule has 0 amide bonds. The van der Waals surface area contributed by atoms with Crippen molar-refractivity contribution >= 4 is 10.0 Å². The van der Waals surface area contributed by atoms with E-state index < -0.39 is 10.0 Å². The van der Waals surface area contributed by atoms with E-state index in [1.54, 1.807) is 18.5 Å². The van der Waals surface area contributed by atoms with Gasteiger partial charge in [-0.15, -0.1) is 0 Å². The molecule has 0 bridgehead atoms. The van der Waals surface area contributed by atoms with Gasteiger partial charge >= 0.3 is 0 Å². The molecule has 0 aromatic heterocycles. The van der Waals surface area contributed by atoms with Crippen molar-refractivity contribution in [3.63, 3.8) is 0 Å². The highest BCUT2D eigenvalue weighted by Crippen LogP contribution is 2.27. The lowest BCUT2D eigenvalue weighted by Gasteiger charge is -2.33. The van der Waals surface area contributed by atoms with Crippen LogP contribution in [0.15, 0.2) is 0 Å². The minimum Gasteiger partial charge on any atom is -0.381 e. The lowest BCUT2D eigenvalue weighted by Crippen LogP contribution is -2.42. The molecule has 19 heavy (non-hydrogen) atoms. The summed E-state index contributed by atoms with van der Waals surface area (Å²) >= 11 is 0. The van der Waals surface area contributed by atoms with Gasteiger partial charge in [-0.05, 0) is 38.0 Å². The molecule has 1 atom stereocenters. The summed E-state index contributed by atoms with van der Waals surface area (Å²) in [5.41, 5.74) is 0. The first-order chi connectivity index (χ1) is 9.03. The number of sulfonamides is 1. The second-order valence-corrected chi connectivity index (χ2v) is 7.76. The van der Waals surface area contributed by atoms with Gasteiger partial charge in [0, 0.05) is 26.8 Å². The Bertz CT molecular complexity index is 370. The van der Waals surface area contributed by atoms with Crippen LogP contribution in [-0.4, -0.2) is 58.0 Å². The molecule has 2 fully saturated rings. The topological polar surface area (TPSA) is 55.8 Å². The maximum atomic E-state index is 12.4. The first-order valence-corrected chi connectivity index (χ1v) is 8.70. The number of nitrogens with zero attached hydrogens (tertiary/aromatic N) is 1. The quantitative estimate of drug-likeness (QED) is 0.765. The van der Waals surface area contributed by atoms with Crippen molar-refractivity contribution in [2.75, 3.05) is 33.1 Å². The fraction of sp³-hybridized carbons (Fsp3) is 1.00. The first kappa shape index (κ1) is 15.2. The SMILES string of the molecule is COC1CCC(N(C)S(=O)(=O)CC2CCOC2)CC1. The molecule has 0 aromatic rings. The third-order valence-corrected chi connectivity index (χ3v) is 6.47. The van der Waals surface area contributed by atoms with E-state index in [0.29, 0.717) is 19.3 Å². The van der Waals surface area contributed by atoms with E-state index >= 15 is 0 Å². The Balaban J connectivity index is 1.88. The predicted octanol–water partition coefficient (Wildman–Crippen LogP) is 1.24. The second kappa shape index (κ2) is 6.52. The van der Waals surface area contributed by atoms with E-state index in [0.717, 1.165) is 32.1 Å². The molecule has 2 aliphatic rings. The average molecular weight is 291 g/mol. The minimum absolute atomic E-state index is 0.138. The van der Waals surface area contributed by atoms with Gasteiger partial charge in [-0.1, -0.05) is 0 Å². The normalized spacial score (nSPS) is 32.9. The van der Waals surface area contributed by atoms with E-state index in [2.05, 4.69) is 0 Å². The van der Waals surface area contributed by atoms with Crippen molar-refractivity contribution in [3.05, 3.63) is 0 Å². The van der Waals surface area contributed by atoms with E-state index in [1.807, 2.05) is 0 Å². The highest BCUT2D eigenvalue weighted by Gasteiger charge is 2.32. The molecule has 0 N–H and O–H groups in total. The van der Waals surface area contributed by atoms with Gasteiger partial charge in [0.1, 0.15) is 0 Å². The van der Waals surface area contributed by atoms with Crippen molar-refractivity contribution < 1.29 is 17.9 Å². The Morgan fingerprint density at radius 3 is 2.42 bits per heavy atom. The average Bonchev–Trinajstić information content (AvgIpc) is 2.90. The molecule has 0 aromatic carbocycles. The molecule has 0 spiro atoms. The molecule has 1 saturated heterocycles. The monoisotopic (exact) mass is 291 g/mol. The summed E-state index contributed by atoms with van der Waals surface area (Å²) in [6.45, 7) is 1.28. The van der Waals surface area contributed by atoms with E-state index in [9.17, 15) is 8.42 Å². The number of hydrogen-bond donors (Lipinski definition) is 0. The molecule has 1 unspecified atom stereocenters. The van der Waals surface area contributed by atoms with Crippen LogP contribution in [0.4, 0.5) is 0 Å². The van der Waals surface area contributed by atoms with Gasteiger partial charge in [0.05, 0.1) is 18.5 Å². The zero-order valence-electron chi connectivity index (χ0n) is 11.9. The Morgan fingerprint density at radius 2 is 1.89 bits per heavy atom. The van der Waals surface area contributed by atoms with Gasteiger partial charge in [-0.25, -0.2) is 12.7 Å². The largest absolute Gasteiger partial charge is 0.381 e. The third-order valence-electron chi connectivity index (χ3n) is 4.40. The summed E-state index contributed by atoms with van der Waals surface area (Å²) in [6.07, 6.45) is 4.87. The predicted molar refractivity (Wildman–Crippen MR) is 73.5 cm³/mol. The van der Waals surface area contributed by atoms with Gasteiger partial charge in [0.15, 0.2) is 0 Å². The van der Waals surface area contributed by atoms with Crippen LogP contribution < -0.4 is 0 Å². The maximum Gasteiger partial charge on any atom is 0.214 e. The Labute approximate surface area is 116 Å². The van der Waals surface area contributed by atoms with Crippen molar-refractivity contribution in [2.45, 2.75) is 44.2 Å². The third kappa shape index (κ3) is 3.90. The minimum atomic E-state index is -3.16. The van der Waals surface area contributed by atoms with Gasteiger partial charge in [-0.2, -0.15) is 0 Å². The lowest BCUT2D eigenvalue weighted by molar-refractivity contribution is 0.0552. The zero-order chi connectivity index (χ0) is 13.9. The molecule has 5 nitrogen and oxygen atoms in total. The zero-order valence-corrected chi connectivity index (χ0v) is 12.7. The van der Waals surface area contributed by atoms with Crippen LogP contribution in [-0.2, 0) is 19.5 Å². The maximum absolute atomic E-state index is 12.4. The highest BCUT2D eigenvalue weighted by atomic mass is 32.2. The molecule has 1 aliphatic heterocycles. The molecule has 6 heteroatoms. The van der Waals surface area contributed by atoms with Crippen LogP contribution in [0.3, 0.4) is 0 Å². The molecule has 0 radical (unpaired) electrons. The van der Waals surface area contributed by atoms with Crippen LogP contribution in [0.25, 0.3) is 0 Å². The van der Waals surface area contributed by atoms with E-state index in [-0.39, 0.29) is 17.7 Å². The lowest BCUT2D eigenvalue weighted by atomic mass is 9.93. The summed E-state index contributed by atoms with van der Waals surface area (Å²) < 4.78 is 36.9. The van der Waals surface area contributed by atoms with Crippen LogP contribution >= 0.6 is 0 Å². The van der Waals surface area contributed by atoms with Crippen molar-refractivity contribution in [1.29, 1.82) is 0 Å². The fourth-order valence-corrected chi connectivity index (χ4v) is 4.76. The van der Waals surface area contributed by atoms with Gasteiger partial charge in [-0.3, -0.25) is 0 Å². The number of hydrogen-bond acceptors (Lipinski definition) is 4. The second-order valence-electron chi connectivity index (χ2n) is 5.69. The van der Waals surface area contributed by atoms with Crippen molar-refractivity contribution in [1.82, 2.24) is 4.31 Å². The van der Waals surface area contributed by atoms with Crippen LogP contribution in [0.1, 0.15) is 32.1 Å². The van der Waals surface area contributed by atoms with E-state index in [1.165, 1.54) is 0 Å². The summed E-state index contributed by atoms with van der Waals surface area (Å²) in [6, 6.07) is 0.138. The van der Waals surface area contributed by atoms with Crippen molar-refractivity contribution in [2.24, 2.45) is 5.92 Å². The Morgan fingerprint density at radius 1 is 1.21 bits per heavy atom. The Hall–Kier alpha value is -0.170. The summed E-state index contributed by atoms with van der Waals surface area (Å²) in [7, 11) is 0.298. The van der Waals surface area contributed by atoms with Gasteiger partial charge in [0.25, 0.3) is 0 Å². The van der Waals surface area contributed by atoms with Crippen molar-refractivity contribution in [3.8, 4) is 0 Å². The fourth-order valence-electron chi connectivity index (χ4n) is 3.00. The molecule has 112 valence electrons. The highest BCUT2D eigenvalue weighted by molar-refractivity contribution is 7.89. The van der Waals surface area contributed by atoms with E-state index in [4.69, 9.17) is 9.47 Å². The smallest absolute Gasteiger partial charge is 0.214 e. The molecule has 1 saturated carbocycles. The first-order valence-electron chi connectivity index (χ1n) is 7.09. The molecule has 1 aliphatic carbocycles. The van der Waals surface area contributed by atoms with Crippen LogP contribution in [0.2, 0.25) is 0 Å². The summed E-state index contributed by atoms with van der Waals surface area (Å²) in [4.78, 5) is 0. The number of methoxy groups -OCH3 is 1. The molecule has 2 rings (SSSR count). The molecule has 1 heterocycles. The molecular weight excluding hydrogens is 266 g/mol. The van der Waals surface area contributed by atoms with Gasteiger partial charge < -0.3 is 9.47 Å². The summed E-state index contributed by atoms with van der Waals surface area (Å²) in [5, 5.41) is 0. The van der Waals surface area contributed by atoms with Gasteiger partial charge in [0.2, 0.25) is 10.0 Å². The number of rotatable bonds is 5. The number of ether oxygens (including phenoxy) is 2. The molecular formula is C13H25NO4S. The van der Waals surface area contributed by atoms with Crippen LogP contribution in [0, 0.1) is 5.92 Å². The Kier molecular flexibility index (Phi) is 5.22. The summed E-state index contributed by atoms with van der Waals surface area (Å²) in [5.74, 6) is 0.399.